The number of amides is 2. The Morgan fingerprint density at radius 1 is 1.10 bits per heavy atom. The fourth-order valence-corrected chi connectivity index (χ4v) is 4.36. The van der Waals surface area contributed by atoms with E-state index in [1.807, 2.05) is 19.0 Å². The van der Waals surface area contributed by atoms with Crippen molar-refractivity contribution >= 4 is 51.7 Å². The summed E-state index contributed by atoms with van der Waals surface area (Å²) < 4.78 is 56.0. The van der Waals surface area contributed by atoms with Crippen LogP contribution in [0.25, 0.3) is 16.6 Å². The van der Waals surface area contributed by atoms with Crippen LogP contribution in [0.3, 0.4) is 0 Å². The van der Waals surface area contributed by atoms with Crippen molar-refractivity contribution in [3.05, 3.63) is 59.5 Å². The molecule has 2 amide bonds. The van der Waals surface area contributed by atoms with Crippen LogP contribution in [-0.2, 0) is 9.59 Å². The standard InChI is InChI=1S/C27H29F4N7O2/c1-15(39)34-22-12-17(8-9-23(22)38(16(2)40)11-10-37(3)4)35-26-33-14-20(27(29,30)31)24(36-26)19-13-32-25-18(19)6-5-7-21(25)28/h5-9,12-14,26,32,35-36H,10-11H2,1-4H3,(H,34,39). The van der Waals surface area contributed by atoms with E-state index in [0.717, 1.165) is 6.21 Å². The number of alkyl halides is 3. The highest BCUT2D eigenvalue weighted by Gasteiger charge is 2.38. The largest absolute Gasteiger partial charge is 0.419 e. The molecule has 1 atom stereocenters. The second-order valence-electron chi connectivity index (χ2n) is 9.51. The Balaban J connectivity index is 1.66. The van der Waals surface area contributed by atoms with Gasteiger partial charge in [0.05, 0.1) is 28.2 Å². The number of halogens is 4. The number of allylic oxidation sites excluding steroid dienone is 1. The number of anilines is 3. The number of nitrogens with one attached hydrogen (secondary N) is 4. The molecular weight excluding hydrogens is 530 g/mol. The summed E-state index contributed by atoms with van der Waals surface area (Å²) in [5, 5.41) is 8.77. The van der Waals surface area contributed by atoms with E-state index < -0.39 is 23.9 Å². The maximum atomic E-state index is 14.2. The van der Waals surface area contributed by atoms with Gasteiger partial charge in [0.1, 0.15) is 5.82 Å². The van der Waals surface area contributed by atoms with Crippen molar-refractivity contribution < 1.29 is 27.2 Å². The summed E-state index contributed by atoms with van der Waals surface area (Å²) in [5.74, 6) is -1.18. The summed E-state index contributed by atoms with van der Waals surface area (Å²) in [4.78, 5) is 34.5. The van der Waals surface area contributed by atoms with Gasteiger partial charge in [-0.25, -0.2) is 9.38 Å². The van der Waals surface area contributed by atoms with Gasteiger partial charge in [0.15, 0.2) is 6.29 Å². The number of nitrogens with zero attached hydrogens (tertiary/aromatic N) is 3. The molecule has 2 aromatic carbocycles. The van der Waals surface area contributed by atoms with Crippen LogP contribution in [0.4, 0.5) is 34.6 Å². The molecule has 9 nitrogen and oxygen atoms in total. The molecule has 3 aromatic rings. The fraction of sp³-hybridized carbons (Fsp3) is 0.296. The molecule has 0 saturated heterocycles. The fourth-order valence-electron chi connectivity index (χ4n) is 4.36. The van der Waals surface area contributed by atoms with Gasteiger partial charge in [-0.3, -0.25) is 9.59 Å². The first-order valence-corrected chi connectivity index (χ1v) is 12.3. The average Bonchev–Trinajstić information content (AvgIpc) is 3.29. The van der Waals surface area contributed by atoms with Crippen LogP contribution >= 0.6 is 0 Å². The van der Waals surface area contributed by atoms with Crippen LogP contribution in [-0.4, -0.2) is 67.6 Å². The lowest BCUT2D eigenvalue weighted by Crippen LogP contribution is -2.39. The topological polar surface area (TPSA) is 105 Å². The minimum atomic E-state index is -4.73. The van der Waals surface area contributed by atoms with E-state index in [2.05, 4.69) is 25.9 Å². The van der Waals surface area contributed by atoms with E-state index in [9.17, 15) is 27.2 Å². The highest BCUT2D eigenvalue weighted by atomic mass is 19.4. The van der Waals surface area contributed by atoms with E-state index in [0.29, 0.717) is 30.2 Å². The van der Waals surface area contributed by atoms with Gasteiger partial charge >= 0.3 is 6.18 Å². The zero-order chi connectivity index (χ0) is 29.2. The number of H-pyrrole nitrogens is 1. The Morgan fingerprint density at radius 2 is 1.85 bits per heavy atom. The zero-order valence-corrected chi connectivity index (χ0v) is 22.3. The number of carbonyl (C=O) groups is 2. The molecule has 4 N–H and O–H groups in total. The molecule has 13 heteroatoms. The van der Waals surface area contributed by atoms with Gasteiger partial charge in [-0.15, -0.1) is 0 Å². The van der Waals surface area contributed by atoms with E-state index in [4.69, 9.17) is 0 Å². The molecule has 0 spiro atoms. The number of hydrogen-bond acceptors (Lipinski definition) is 6. The number of rotatable bonds is 8. The Hall–Kier alpha value is -4.39. The molecule has 1 aliphatic heterocycles. The summed E-state index contributed by atoms with van der Waals surface area (Å²) in [7, 11) is 3.74. The van der Waals surface area contributed by atoms with Crippen molar-refractivity contribution in [3.8, 4) is 0 Å². The Morgan fingerprint density at radius 3 is 2.50 bits per heavy atom. The molecule has 0 fully saturated rings. The highest BCUT2D eigenvalue weighted by Crippen LogP contribution is 2.36. The smallest absolute Gasteiger partial charge is 0.358 e. The van der Waals surface area contributed by atoms with E-state index in [1.54, 1.807) is 18.2 Å². The molecular formula is C27H29F4N7O2. The Kier molecular flexibility index (Phi) is 8.14. The Labute approximate surface area is 227 Å². The molecule has 212 valence electrons. The van der Waals surface area contributed by atoms with Gasteiger partial charge in [0, 0.05) is 56.0 Å². The van der Waals surface area contributed by atoms with Gasteiger partial charge in [-0.2, -0.15) is 13.2 Å². The van der Waals surface area contributed by atoms with Gasteiger partial charge in [-0.05, 0) is 38.4 Å². The second kappa shape index (κ2) is 11.4. The number of aromatic nitrogens is 1. The zero-order valence-electron chi connectivity index (χ0n) is 22.3. The molecule has 0 saturated carbocycles. The molecule has 4 rings (SSSR count). The molecule has 0 bridgehead atoms. The van der Waals surface area contributed by atoms with Crippen molar-refractivity contribution in [3.63, 3.8) is 0 Å². The van der Waals surface area contributed by atoms with Crippen LogP contribution in [0.5, 0.6) is 0 Å². The minimum absolute atomic E-state index is 0.0835. The third-order valence-electron chi connectivity index (χ3n) is 6.19. The molecule has 1 aliphatic rings. The van der Waals surface area contributed by atoms with Gasteiger partial charge in [0.25, 0.3) is 0 Å². The first kappa shape index (κ1) is 28.6. The lowest BCUT2D eigenvalue weighted by Gasteiger charge is -2.28. The van der Waals surface area contributed by atoms with Crippen LogP contribution in [0.15, 0.2) is 53.2 Å². The molecule has 1 aromatic heterocycles. The van der Waals surface area contributed by atoms with Crippen LogP contribution in [0, 0.1) is 5.82 Å². The monoisotopic (exact) mass is 559 g/mol. The predicted molar refractivity (Wildman–Crippen MR) is 148 cm³/mol. The van der Waals surface area contributed by atoms with Gasteiger partial charge < -0.3 is 30.7 Å². The molecule has 0 aliphatic carbocycles. The molecule has 1 unspecified atom stereocenters. The number of aliphatic imine (C=N–C) groups is 1. The quantitative estimate of drug-likeness (QED) is 0.304. The van der Waals surface area contributed by atoms with Crippen molar-refractivity contribution in [2.45, 2.75) is 26.3 Å². The Bertz CT molecular complexity index is 1490. The van der Waals surface area contributed by atoms with E-state index in [1.165, 1.54) is 43.1 Å². The summed E-state index contributed by atoms with van der Waals surface area (Å²) in [6.07, 6.45) is -3.72. The molecule has 0 radical (unpaired) electrons. The summed E-state index contributed by atoms with van der Waals surface area (Å²) in [5.41, 5.74) is 0.149. The van der Waals surface area contributed by atoms with Gasteiger partial charge in [-0.1, -0.05) is 12.1 Å². The number of carbonyl (C=O) groups excluding carboxylic acids is 2. The molecule has 40 heavy (non-hydrogen) atoms. The summed E-state index contributed by atoms with van der Waals surface area (Å²) in [6.45, 7) is 3.70. The second-order valence-corrected chi connectivity index (χ2v) is 9.51. The highest BCUT2D eigenvalue weighted by molar-refractivity contribution is 6.02. The number of hydrogen-bond donors (Lipinski definition) is 4. The normalized spacial score (nSPS) is 15.4. The number of benzene rings is 2. The maximum absolute atomic E-state index is 14.2. The van der Waals surface area contributed by atoms with Crippen molar-refractivity contribution in [1.29, 1.82) is 0 Å². The van der Waals surface area contributed by atoms with Crippen LogP contribution in [0.2, 0.25) is 0 Å². The number of likely N-dealkylation sites (N-methyl/N-ethyl adjacent to an activating group) is 1. The minimum Gasteiger partial charge on any atom is -0.358 e. The van der Waals surface area contributed by atoms with E-state index in [-0.39, 0.29) is 34.0 Å². The number of aromatic amines is 1. The number of para-hydroxylation sites is 1. The summed E-state index contributed by atoms with van der Waals surface area (Å²) in [6, 6.07) is 9.00. The lowest BCUT2D eigenvalue weighted by molar-refractivity contribution is -0.117. The van der Waals surface area contributed by atoms with Crippen LogP contribution < -0.4 is 20.9 Å². The van der Waals surface area contributed by atoms with Crippen molar-refractivity contribution in [2.24, 2.45) is 4.99 Å². The van der Waals surface area contributed by atoms with Crippen molar-refractivity contribution in [1.82, 2.24) is 15.2 Å². The maximum Gasteiger partial charge on any atom is 0.419 e. The van der Waals surface area contributed by atoms with Gasteiger partial charge in [0.2, 0.25) is 11.8 Å². The average molecular weight is 560 g/mol. The first-order valence-electron chi connectivity index (χ1n) is 12.3. The van der Waals surface area contributed by atoms with Crippen LogP contribution in [0.1, 0.15) is 19.4 Å². The third-order valence-corrected chi connectivity index (χ3v) is 6.19. The summed E-state index contributed by atoms with van der Waals surface area (Å²) >= 11 is 0. The number of fused-ring (bicyclic) bond motifs is 1. The third kappa shape index (κ3) is 6.25. The van der Waals surface area contributed by atoms with E-state index >= 15 is 0 Å². The first-order chi connectivity index (χ1) is 18.8. The predicted octanol–water partition coefficient (Wildman–Crippen LogP) is 4.52. The van der Waals surface area contributed by atoms with Crippen molar-refractivity contribution in [2.75, 3.05) is 42.7 Å². The lowest BCUT2D eigenvalue weighted by atomic mass is 10.0. The SMILES string of the molecule is CC(=O)Nc1cc(NC2N=CC(C(F)(F)F)=C(c3c[nH]c4c(F)cccc34)N2)ccc1N(CCN(C)C)C(C)=O. The molecule has 2 heterocycles.